The first-order chi connectivity index (χ1) is 9.00. The van der Waals surface area contributed by atoms with Gasteiger partial charge in [0.25, 0.3) is 0 Å². The standard InChI is InChI=1S/C14H24N4O/c1-5-19-12-6-7-15-13(16-12)17-8-10-18(11-9-17)14(2,3)4/h6-7H,5,8-11H2,1-4H3. The molecule has 1 aliphatic heterocycles. The van der Waals surface area contributed by atoms with Crippen molar-refractivity contribution >= 4 is 5.95 Å². The predicted octanol–water partition coefficient (Wildman–Crippen LogP) is 1.80. The highest BCUT2D eigenvalue weighted by atomic mass is 16.5. The van der Waals surface area contributed by atoms with Crippen LogP contribution in [0.15, 0.2) is 12.3 Å². The van der Waals surface area contributed by atoms with Gasteiger partial charge < -0.3 is 9.64 Å². The summed E-state index contributed by atoms with van der Waals surface area (Å²) in [6.45, 7) is 13.4. The van der Waals surface area contributed by atoms with Gasteiger partial charge >= 0.3 is 0 Å². The maximum absolute atomic E-state index is 5.42. The van der Waals surface area contributed by atoms with Gasteiger partial charge in [-0.3, -0.25) is 4.90 Å². The fourth-order valence-corrected chi connectivity index (χ4v) is 2.29. The molecule has 1 fully saturated rings. The Balaban J connectivity index is 1.99. The molecule has 0 radical (unpaired) electrons. The Bertz CT molecular complexity index is 408. The van der Waals surface area contributed by atoms with Crippen molar-refractivity contribution in [3.8, 4) is 5.88 Å². The molecule has 0 amide bonds. The van der Waals surface area contributed by atoms with E-state index in [1.54, 1.807) is 12.3 Å². The molecule has 1 aromatic rings. The minimum atomic E-state index is 0.236. The van der Waals surface area contributed by atoms with Crippen molar-refractivity contribution in [2.45, 2.75) is 33.2 Å². The fourth-order valence-electron chi connectivity index (χ4n) is 2.29. The Morgan fingerprint density at radius 1 is 1.21 bits per heavy atom. The van der Waals surface area contributed by atoms with Crippen molar-refractivity contribution < 1.29 is 4.74 Å². The summed E-state index contributed by atoms with van der Waals surface area (Å²) in [5, 5.41) is 0. The van der Waals surface area contributed by atoms with Crippen molar-refractivity contribution in [1.82, 2.24) is 14.9 Å². The highest BCUT2D eigenvalue weighted by Gasteiger charge is 2.26. The zero-order valence-electron chi connectivity index (χ0n) is 12.4. The molecule has 0 bridgehead atoms. The molecule has 0 spiro atoms. The van der Waals surface area contributed by atoms with Gasteiger partial charge in [0.15, 0.2) is 0 Å². The molecule has 0 saturated carbocycles. The van der Waals surface area contributed by atoms with E-state index in [0.717, 1.165) is 32.1 Å². The smallest absolute Gasteiger partial charge is 0.228 e. The summed E-state index contributed by atoms with van der Waals surface area (Å²) in [6, 6.07) is 1.80. The fraction of sp³-hybridized carbons (Fsp3) is 0.714. The monoisotopic (exact) mass is 264 g/mol. The second-order valence-electron chi connectivity index (χ2n) is 5.77. The molecule has 0 aliphatic carbocycles. The molecule has 1 saturated heterocycles. The lowest BCUT2D eigenvalue weighted by Gasteiger charge is -2.42. The van der Waals surface area contributed by atoms with Gasteiger partial charge in [0.05, 0.1) is 6.61 Å². The lowest BCUT2D eigenvalue weighted by Crippen LogP contribution is -2.53. The van der Waals surface area contributed by atoms with Crippen molar-refractivity contribution in [2.24, 2.45) is 0 Å². The number of hydrogen-bond acceptors (Lipinski definition) is 5. The minimum absolute atomic E-state index is 0.236. The molecule has 2 rings (SSSR count). The van der Waals surface area contributed by atoms with E-state index in [4.69, 9.17) is 4.74 Å². The Kier molecular flexibility index (Phi) is 4.24. The lowest BCUT2D eigenvalue weighted by molar-refractivity contribution is 0.128. The number of hydrogen-bond donors (Lipinski definition) is 0. The van der Waals surface area contributed by atoms with Crippen LogP contribution in [-0.2, 0) is 0 Å². The van der Waals surface area contributed by atoms with Gasteiger partial charge in [-0.25, -0.2) is 4.98 Å². The van der Waals surface area contributed by atoms with Gasteiger partial charge in [-0.15, -0.1) is 0 Å². The van der Waals surface area contributed by atoms with E-state index in [1.165, 1.54) is 0 Å². The van der Waals surface area contributed by atoms with E-state index in [-0.39, 0.29) is 5.54 Å². The van der Waals surface area contributed by atoms with Crippen LogP contribution in [0.5, 0.6) is 5.88 Å². The molecule has 0 atom stereocenters. The van der Waals surface area contributed by atoms with E-state index in [1.807, 2.05) is 6.92 Å². The van der Waals surface area contributed by atoms with Crippen LogP contribution in [0, 0.1) is 0 Å². The Morgan fingerprint density at radius 3 is 2.47 bits per heavy atom. The predicted molar refractivity (Wildman–Crippen MR) is 76.7 cm³/mol. The molecule has 106 valence electrons. The topological polar surface area (TPSA) is 41.5 Å². The van der Waals surface area contributed by atoms with Crippen LogP contribution in [0.25, 0.3) is 0 Å². The lowest BCUT2D eigenvalue weighted by atomic mass is 10.1. The summed E-state index contributed by atoms with van der Waals surface area (Å²) in [5.41, 5.74) is 0.236. The summed E-state index contributed by atoms with van der Waals surface area (Å²) in [4.78, 5) is 13.5. The van der Waals surface area contributed by atoms with Crippen molar-refractivity contribution in [1.29, 1.82) is 0 Å². The molecular formula is C14H24N4O. The molecule has 19 heavy (non-hydrogen) atoms. The molecule has 0 N–H and O–H groups in total. The maximum atomic E-state index is 5.42. The number of piperazine rings is 1. The molecule has 1 aromatic heterocycles. The van der Waals surface area contributed by atoms with Gasteiger partial charge in [0.2, 0.25) is 11.8 Å². The molecule has 0 aromatic carbocycles. The highest BCUT2D eigenvalue weighted by molar-refractivity contribution is 5.32. The second kappa shape index (κ2) is 5.74. The zero-order valence-corrected chi connectivity index (χ0v) is 12.4. The van der Waals surface area contributed by atoms with Gasteiger partial charge in [0, 0.05) is 44.0 Å². The summed E-state index contributed by atoms with van der Waals surface area (Å²) in [6.07, 6.45) is 1.77. The van der Waals surface area contributed by atoms with Gasteiger partial charge in [0.1, 0.15) is 0 Å². The SMILES string of the molecule is CCOc1ccnc(N2CCN(C(C)(C)C)CC2)n1. The number of ether oxygens (including phenoxy) is 1. The van der Waals surface area contributed by atoms with E-state index < -0.39 is 0 Å². The average Bonchev–Trinajstić information content (AvgIpc) is 2.39. The zero-order chi connectivity index (χ0) is 13.9. The van der Waals surface area contributed by atoms with Crippen LogP contribution >= 0.6 is 0 Å². The highest BCUT2D eigenvalue weighted by Crippen LogP contribution is 2.19. The Labute approximate surface area is 115 Å². The molecule has 5 nitrogen and oxygen atoms in total. The second-order valence-corrected chi connectivity index (χ2v) is 5.77. The van der Waals surface area contributed by atoms with Crippen LogP contribution in [0.4, 0.5) is 5.95 Å². The first kappa shape index (κ1) is 14.1. The summed E-state index contributed by atoms with van der Waals surface area (Å²) < 4.78 is 5.42. The summed E-state index contributed by atoms with van der Waals surface area (Å²) in [7, 11) is 0. The molecule has 0 unspecified atom stereocenters. The van der Waals surface area contributed by atoms with Gasteiger partial charge in [-0.05, 0) is 27.7 Å². The Morgan fingerprint density at radius 2 is 1.89 bits per heavy atom. The van der Waals surface area contributed by atoms with Crippen LogP contribution in [0.2, 0.25) is 0 Å². The Hall–Kier alpha value is -1.36. The largest absolute Gasteiger partial charge is 0.478 e. The maximum Gasteiger partial charge on any atom is 0.228 e. The average molecular weight is 264 g/mol. The molecule has 1 aliphatic rings. The summed E-state index contributed by atoms with van der Waals surface area (Å²) >= 11 is 0. The third-order valence-corrected chi connectivity index (χ3v) is 3.42. The number of nitrogens with zero attached hydrogens (tertiary/aromatic N) is 4. The van der Waals surface area contributed by atoms with E-state index in [2.05, 4.69) is 40.5 Å². The normalized spacial score (nSPS) is 17.6. The minimum Gasteiger partial charge on any atom is -0.478 e. The van der Waals surface area contributed by atoms with Gasteiger partial charge in [-0.1, -0.05) is 0 Å². The van der Waals surface area contributed by atoms with Gasteiger partial charge in [-0.2, -0.15) is 4.98 Å². The van der Waals surface area contributed by atoms with Crippen LogP contribution in [0.1, 0.15) is 27.7 Å². The third-order valence-electron chi connectivity index (χ3n) is 3.42. The first-order valence-corrected chi connectivity index (χ1v) is 6.96. The molecule has 2 heterocycles. The van der Waals surface area contributed by atoms with Crippen molar-refractivity contribution in [2.75, 3.05) is 37.7 Å². The number of aromatic nitrogens is 2. The third kappa shape index (κ3) is 3.56. The van der Waals surface area contributed by atoms with Crippen LogP contribution in [-0.4, -0.2) is 53.2 Å². The first-order valence-electron chi connectivity index (χ1n) is 6.96. The number of anilines is 1. The van der Waals surface area contributed by atoms with Crippen LogP contribution < -0.4 is 9.64 Å². The van der Waals surface area contributed by atoms with E-state index in [9.17, 15) is 0 Å². The van der Waals surface area contributed by atoms with E-state index >= 15 is 0 Å². The van der Waals surface area contributed by atoms with Crippen molar-refractivity contribution in [3.63, 3.8) is 0 Å². The van der Waals surface area contributed by atoms with Crippen LogP contribution in [0.3, 0.4) is 0 Å². The molecular weight excluding hydrogens is 240 g/mol. The van der Waals surface area contributed by atoms with E-state index in [0.29, 0.717) is 12.5 Å². The van der Waals surface area contributed by atoms with Crippen molar-refractivity contribution in [3.05, 3.63) is 12.3 Å². The summed E-state index contributed by atoms with van der Waals surface area (Å²) in [5.74, 6) is 1.44. The quantitative estimate of drug-likeness (QED) is 0.832. The number of rotatable bonds is 3. The molecule has 5 heteroatoms.